The predicted octanol–water partition coefficient (Wildman–Crippen LogP) is 4.02. The SMILES string of the molecule is c1cc(-c2noc(CNc3ccc4sncc4c3)n2)cs1. The highest BCUT2D eigenvalue weighted by Gasteiger charge is 2.08. The van der Waals surface area contributed by atoms with Crippen LogP contribution in [0.4, 0.5) is 5.69 Å². The van der Waals surface area contributed by atoms with Crippen LogP contribution in [-0.2, 0) is 6.54 Å². The summed E-state index contributed by atoms with van der Waals surface area (Å²) in [6.45, 7) is 0.500. The fourth-order valence-electron chi connectivity index (χ4n) is 2.00. The van der Waals surface area contributed by atoms with Gasteiger partial charge in [-0.05, 0) is 41.2 Å². The summed E-state index contributed by atoms with van der Waals surface area (Å²) in [5, 5.41) is 12.4. The number of hydrogen-bond acceptors (Lipinski definition) is 7. The molecule has 0 aliphatic rings. The highest BCUT2D eigenvalue weighted by atomic mass is 32.1. The van der Waals surface area contributed by atoms with Crippen LogP contribution in [0.3, 0.4) is 0 Å². The number of nitrogens with zero attached hydrogens (tertiary/aromatic N) is 3. The van der Waals surface area contributed by atoms with E-state index < -0.39 is 0 Å². The second-order valence-electron chi connectivity index (χ2n) is 4.46. The van der Waals surface area contributed by atoms with Gasteiger partial charge in [-0.3, -0.25) is 0 Å². The summed E-state index contributed by atoms with van der Waals surface area (Å²) in [4.78, 5) is 4.38. The van der Waals surface area contributed by atoms with Gasteiger partial charge < -0.3 is 9.84 Å². The molecule has 1 N–H and O–H groups in total. The lowest BCUT2D eigenvalue weighted by Crippen LogP contribution is -1.99. The molecule has 4 rings (SSSR count). The van der Waals surface area contributed by atoms with Crippen molar-refractivity contribution in [2.45, 2.75) is 6.54 Å². The van der Waals surface area contributed by atoms with E-state index in [0.717, 1.165) is 16.6 Å². The summed E-state index contributed by atoms with van der Waals surface area (Å²) in [5.41, 5.74) is 2.00. The molecule has 0 saturated heterocycles. The number of aromatic nitrogens is 3. The van der Waals surface area contributed by atoms with E-state index in [0.29, 0.717) is 18.3 Å². The molecule has 21 heavy (non-hydrogen) atoms. The monoisotopic (exact) mass is 314 g/mol. The van der Waals surface area contributed by atoms with Gasteiger partial charge in [0.25, 0.3) is 0 Å². The van der Waals surface area contributed by atoms with Gasteiger partial charge in [0.15, 0.2) is 0 Å². The second-order valence-corrected chi connectivity index (χ2v) is 6.07. The molecule has 0 bridgehead atoms. The van der Waals surface area contributed by atoms with E-state index >= 15 is 0 Å². The van der Waals surface area contributed by atoms with Gasteiger partial charge in [0.2, 0.25) is 11.7 Å². The number of fused-ring (bicyclic) bond motifs is 1. The van der Waals surface area contributed by atoms with Gasteiger partial charge in [-0.15, -0.1) is 0 Å². The second kappa shape index (κ2) is 5.27. The molecular weight excluding hydrogens is 304 g/mol. The fraction of sp³-hybridized carbons (Fsp3) is 0.0714. The number of nitrogens with one attached hydrogen (secondary N) is 1. The van der Waals surface area contributed by atoms with Crippen molar-refractivity contribution in [2.24, 2.45) is 0 Å². The molecule has 3 heterocycles. The molecule has 7 heteroatoms. The normalized spacial score (nSPS) is 11.0. The molecule has 0 spiro atoms. The maximum absolute atomic E-state index is 5.25. The zero-order valence-corrected chi connectivity index (χ0v) is 12.4. The number of benzene rings is 1. The third-order valence-electron chi connectivity index (χ3n) is 3.04. The Morgan fingerprint density at radius 3 is 3.14 bits per heavy atom. The van der Waals surface area contributed by atoms with Crippen LogP contribution in [0.15, 0.2) is 45.7 Å². The Morgan fingerprint density at radius 2 is 2.24 bits per heavy atom. The Bertz CT molecular complexity index is 866. The van der Waals surface area contributed by atoms with Crippen molar-refractivity contribution >= 4 is 38.6 Å². The van der Waals surface area contributed by atoms with E-state index in [-0.39, 0.29) is 0 Å². The molecule has 0 atom stereocenters. The maximum atomic E-state index is 5.25. The lowest BCUT2D eigenvalue weighted by atomic mass is 10.2. The lowest BCUT2D eigenvalue weighted by Gasteiger charge is -2.02. The van der Waals surface area contributed by atoms with Gasteiger partial charge in [-0.1, -0.05) is 5.16 Å². The first-order chi connectivity index (χ1) is 10.4. The van der Waals surface area contributed by atoms with Crippen molar-refractivity contribution in [3.05, 3.63) is 47.1 Å². The Labute approximate surface area is 128 Å². The average molecular weight is 314 g/mol. The van der Waals surface area contributed by atoms with E-state index in [4.69, 9.17) is 4.52 Å². The first kappa shape index (κ1) is 12.5. The Morgan fingerprint density at radius 1 is 1.24 bits per heavy atom. The lowest BCUT2D eigenvalue weighted by molar-refractivity contribution is 0.384. The van der Waals surface area contributed by atoms with Gasteiger partial charge in [-0.2, -0.15) is 20.7 Å². The van der Waals surface area contributed by atoms with Gasteiger partial charge in [-0.25, -0.2) is 0 Å². The minimum absolute atomic E-state index is 0.500. The smallest absolute Gasteiger partial charge is 0.246 e. The largest absolute Gasteiger partial charge is 0.376 e. The summed E-state index contributed by atoms with van der Waals surface area (Å²) in [5.74, 6) is 1.20. The number of thiophene rings is 1. The minimum atomic E-state index is 0.500. The predicted molar refractivity (Wildman–Crippen MR) is 84.6 cm³/mol. The molecule has 0 unspecified atom stereocenters. The number of hydrogen-bond donors (Lipinski definition) is 1. The number of anilines is 1. The van der Waals surface area contributed by atoms with E-state index in [1.54, 1.807) is 11.3 Å². The molecule has 104 valence electrons. The first-order valence-corrected chi connectivity index (χ1v) is 8.03. The van der Waals surface area contributed by atoms with Gasteiger partial charge in [0, 0.05) is 28.2 Å². The number of rotatable bonds is 4. The Balaban J connectivity index is 1.49. The molecule has 0 radical (unpaired) electrons. The van der Waals surface area contributed by atoms with Crippen LogP contribution in [0.1, 0.15) is 5.89 Å². The van der Waals surface area contributed by atoms with Gasteiger partial charge in [0.1, 0.15) is 0 Å². The summed E-state index contributed by atoms with van der Waals surface area (Å²) in [6, 6.07) is 8.12. The van der Waals surface area contributed by atoms with E-state index in [1.165, 1.54) is 16.2 Å². The van der Waals surface area contributed by atoms with E-state index in [2.05, 4.69) is 32.0 Å². The standard InChI is InChI=1S/C14H10N4OS2/c1-2-12-10(6-16-21-12)5-11(1)15-7-13-17-14(18-19-13)9-3-4-20-8-9/h1-6,8,15H,7H2. The van der Waals surface area contributed by atoms with Crippen molar-refractivity contribution in [2.75, 3.05) is 5.32 Å². The highest BCUT2D eigenvalue weighted by Crippen LogP contribution is 2.23. The molecule has 0 saturated carbocycles. The maximum Gasteiger partial charge on any atom is 0.246 e. The van der Waals surface area contributed by atoms with Crippen LogP contribution in [0.5, 0.6) is 0 Å². The van der Waals surface area contributed by atoms with Crippen LogP contribution in [-0.4, -0.2) is 14.5 Å². The Kier molecular flexibility index (Phi) is 3.13. The molecule has 0 fully saturated rings. The van der Waals surface area contributed by atoms with Crippen LogP contribution < -0.4 is 5.32 Å². The zero-order valence-electron chi connectivity index (χ0n) is 10.8. The van der Waals surface area contributed by atoms with Crippen molar-refractivity contribution in [3.8, 4) is 11.4 Å². The quantitative estimate of drug-likeness (QED) is 0.616. The molecule has 0 aliphatic carbocycles. The molecular formula is C14H10N4OS2. The van der Waals surface area contributed by atoms with E-state index in [1.807, 2.05) is 29.1 Å². The van der Waals surface area contributed by atoms with Crippen molar-refractivity contribution < 1.29 is 4.52 Å². The van der Waals surface area contributed by atoms with Gasteiger partial charge >= 0.3 is 0 Å². The molecule has 5 nitrogen and oxygen atoms in total. The molecule has 4 aromatic rings. The zero-order chi connectivity index (χ0) is 14.1. The van der Waals surface area contributed by atoms with Crippen LogP contribution in [0.2, 0.25) is 0 Å². The van der Waals surface area contributed by atoms with Crippen molar-refractivity contribution in [1.82, 2.24) is 14.5 Å². The third-order valence-corrected chi connectivity index (χ3v) is 4.51. The van der Waals surface area contributed by atoms with Crippen LogP contribution in [0, 0.1) is 0 Å². The van der Waals surface area contributed by atoms with Gasteiger partial charge in [0.05, 0.1) is 11.2 Å². The molecule has 3 aromatic heterocycles. The Hall–Kier alpha value is -2.25. The third kappa shape index (κ3) is 2.53. The molecule has 0 amide bonds. The summed E-state index contributed by atoms with van der Waals surface area (Å²) >= 11 is 3.11. The first-order valence-electron chi connectivity index (χ1n) is 6.32. The van der Waals surface area contributed by atoms with E-state index in [9.17, 15) is 0 Å². The average Bonchev–Trinajstić information content (AvgIpc) is 3.24. The van der Waals surface area contributed by atoms with Crippen LogP contribution in [0.25, 0.3) is 21.5 Å². The summed E-state index contributed by atoms with van der Waals surface area (Å²) in [6.07, 6.45) is 1.87. The molecule has 0 aliphatic heterocycles. The summed E-state index contributed by atoms with van der Waals surface area (Å²) in [7, 11) is 0. The summed E-state index contributed by atoms with van der Waals surface area (Å²) < 4.78 is 10.6. The minimum Gasteiger partial charge on any atom is -0.376 e. The highest BCUT2D eigenvalue weighted by molar-refractivity contribution is 7.13. The van der Waals surface area contributed by atoms with Crippen molar-refractivity contribution in [1.29, 1.82) is 0 Å². The fourth-order valence-corrected chi connectivity index (χ4v) is 3.26. The molecule has 1 aromatic carbocycles. The van der Waals surface area contributed by atoms with Crippen LogP contribution >= 0.6 is 22.9 Å². The topological polar surface area (TPSA) is 63.8 Å². The van der Waals surface area contributed by atoms with Crippen molar-refractivity contribution in [3.63, 3.8) is 0 Å².